The van der Waals surface area contributed by atoms with Crippen molar-refractivity contribution in [2.45, 2.75) is 0 Å². The van der Waals surface area contributed by atoms with Gasteiger partial charge in [-0.15, -0.1) is 0 Å². The van der Waals surface area contributed by atoms with Gasteiger partial charge < -0.3 is 17.6 Å². The van der Waals surface area contributed by atoms with E-state index in [2.05, 4.69) is 15.9 Å². The van der Waals surface area contributed by atoms with Crippen LogP contribution in [0.4, 0.5) is 8.63 Å². The summed E-state index contributed by atoms with van der Waals surface area (Å²) in [6.45, 7) is -4.58. The Labute approximate surface area is 171 Å². The molecule has 12 heteroatoms. The third-order valence-corrected chi connectivity index (χ3v) is 6.56. The second-order valence-corrected chi connectivity index (χ2v) is 8.96. The SMILES string of the molecule is O=S(=O)(O)C1=CC2=C(c3ccc(Br)cc3)c3ccc(Cl)n3[B-](F)(F)[N+]2=C1Cl. The maximum atomic E-state index is 15.2. The summed E-state index contributed by atoms with van der Waals surface area (Å²) in [5, 5.41) is -1.02. The maximum absolute atomic E-state index is 15.2. The van der Waals surface area contributed by atoms with Crippen LogP contribution in [0.2, 0.25) is 5.15 Å². The lowest BCUT2D eigenvalue weighted by atomic mass is 9.86. The molecule has 0 radical (unpaired) electrons. The monoisotopic (exact) mass is 494 g/mol. The van der Waals surface area contributed by atoms with Crippen LogP contribution in [0, 0.1) is 0 Å². The number of nitrogens with zero attached hydrogens (tertiary/aromatic N) is 2. The van der Waals surface area contributed by atoms with Gasteiger partial charge in [0.2, 0.25) is 5.17 Å². The van der Waals surface area contributed by atoms with Gasteiger partial charge in [-0.2, -0.15) is 8.42 Å². The number of hydrogen-bond donors (Lipinski definition) is 1. The predicted molar refractivity (Wildman–Crippen MR) is 104 cm³/mol. The van der Waals surface area contributed by atoms with Crippen LogP contribution in [0.1, 0.15) is 11.3 Å². The third kappa shape index (κ3) is 2.73. The van der Waals surface area contributed by atoms with Crippen LogP contribution in [-0.4, -0.2) is 34.1 Å². The Kier molecular flexibility index (Phi) is 4.21. The van der Waals surface area contributed by atoms with E-state index in [0.717, 1.165) is 10.5 Å². The zero-order valence-corrected chi connectivity index (χ0v) is 17.0. The second-order valence-electron chi connectivity index (χ2n) is 5.91. The summed E-state index contributed by atoms with van der Waals surface area (Å²) in [5.41, 5.74) is 0.815. The standard InChI is InChI=1S/C15H8BBrCl2F2N2O3S/c17-9-3-1-8(2-4-9)14-10-5-6-13(18)22(10)16(20,21)23-11(14)7-12(15(23)19)27(24,25)26/h1-7H,(H,24,25,26). The van der Waals surface area contributed by atoms with Crippen molar-refractivity contribution in [1.82, 2.24) is 4.48 Å². The summed E-state index contributed by atoms with van der Waals surface area (Å²) >= 11 is 15.3. The van der Waals surface area contributed by atoms with Crippen LogP contribution in [0.5, 0.6) is 0 Å². The summed E-state index contributed by atoms with van der Waals surface area (Å²) in [7, 11) is -4.81. The Bertz CT molecular complexity index is 1200. The van der Waals surface area contributed by atoms with E-state index in [1.165, 1.54) is 12.1 Å². The lowest BCUT2D eigenvalue weighted by molar-refractivity contribution is -0.358. The Hall–Kier alpha value is -1.46. The van der Waals surface area contributed by atoms with E-state index in [1.54, 1.807) is 24.3 Å². The highest BCUT2D eigenvalue weighted by Crippen LogP contribution is 2.43. The number of fused-ring (bicyclic) bond motifs is 2. The fourth-order valence-electron chi connectivity index (χ4n) is 3.26. The molecule has 140 valence electrons. The van der Waals surface area contributed by atoms with E-state index in [-0.39, 0.29) is 16.5 Å². The van der Waals surface area contributed by atoms with Gasteiger partial charge in [0, 0.05) is 16.2 Å². The average molecular weight is 496 g/mol. The lowest BCUT2D eigenvalue weighted by Gasteiger charge is -2.31. The van der Waals surface area contributed by atoms with Gasteiger partial charge in [0.15, 0.2) is 10.6 Å². The molecule has 2 aliphatic rings. The van der Waals surface area contributed by atoms with Crippen molar-refractivity contribution in [2.24, 2.45) is 0 Å². The highest BCUT2D eigenvalue weighted by atomic mass is 79.9. The van der Waals surface area contributed by atoms with Crippen LogP contribution in [0.25, 0.3) is 5.57 Å². The Morgan fingerprint density at radius 1 is 1.11 bits per heavy atom. The molecule has 3 heterocycles. The normalized spacial score (nSPS) is 18.5. The molecule has 0 spiro atoms. The number of hydrogen-bond acceptors (Lipinski definition) is 2. The predicted octanol–water partition coefficient (Wildman–Crippen LogP) is 4.33. The van der Waals surface area contributed by atoms with Crippen LogP contribution in [-0.2, 0) is 10.1 Å². The van der Waals surface area contributed by atoms with E-state index in [9.17, 15) is 13.0 Å². The van der Waals surface area contributed by atoms with Crippen molar-refractivity contribution >= 4 is 67.0 Å². The molecule has 27 heavy (non-hydrogen) atoms. The van der Waals surface area contributed by atoms with E-state index < -0.39 is 27.2 Å². The minimum absolute atomic E-state index is 0.107. The first-order valence-electron chi connectivity index (χ1n) is 7.44. The first kappa shape index (κ1) is 18.9. The number of allylic oxidation sites excluding steroid dienone is 2. The first-order valence-corrected chi connectivity index (χ1v) is 10.4. The zero-order chi connectivity index (χ0) is 19.7. The molecule has 0 aliphatic carbocycles. The van der Waals surface area contributed by atoms with Gasteiger partial charge in [0.05, 0.1) is 10.7 Å². The summed E-state index contributed by atoms with van der Waals surface area (Å²) in [6.07, 6.45) is 0.940. The molecular formula is C15H8BBrCl2F2N2O3S. The molecule has 1 aromatic carbocycles. The number of halogens is 5. The van der Waals surface area contributed by atoms with Crippen molar-refractivity contribution < 1.29 is 26.1 Å². The molecule has 2 aromatic rings. The van der Waals surface area contributed by atoms with Crippen molar-refractivity contribution in [3.8, 4) is 0 Å². The van der Waals surface area contributed by atoms with E-state index in [0.29, 0.717) is 20.1 Å². The molecule has 0 saturated carbocycles. The van der Waals surface area contributed by atoms with Crippen molar-refractivity contribution in [2.75, 3.05) is 0 Å². The molecule has 0 atom stereocenters. The lowest BCUT2D eigenvalue weighted by Crippen LogP contribution is -2.50. The maximum Gasteiger partial charge on any atom is 0.739 e. The highest BCUT2D eigenvalue weighted by molar-refractivity contribution is 9.10. The van der Waals surface area contributed by atoms with E-state index in [1.807, 2.05) is 0 Å². The summed E-state index contributed by atoms with van der Waals surface area (Å²) in [4.78, 5) is -0.794. The van der Waals surface area contributed by atoms with Crippen LogP contribution < -0.4 is 0 Å². The largest absolute Gasteiger partial charge is 0.739 e. The van der Waals surface area contributed by atoms with Crippen LogP contribution in [0.15, 0.2) is 57.5 Å². The van der Waals surface area contributed by atoms with Gasteiger partial charge >= 0.3 is 17.1 Å². The van der Waals surface area contributed by atoms with Crippen molar-refractivity contribution in [1.29, 1.82) is 0 Å². The fourth-order valence-corrected chi connectivity index (χ4v) is 4.92. The van der Waals surface area contributed by atoms with Crippen LogP contribution >= 0.6 is 39.1 Å². The number of rotatable bonds is 2. The minimum atomic E-state index is -4.81. The van der Waals surface area contributed by atoms with Crippen molar-refractivity contribution in [3.05, 3.63) is 74.0 Å². The van der Waals surface area contributed by atoms with E-state index >= 15 is 8.63 Å². The van der Waals surface area contributed by atoms with E-state index in [4.69, 9.17) is 23.2 Å². The minimum Gasteiger partial charge on any atom is -0.389 e. The topological polar surface area (TPSA) is 62.3 Å². The molecular weight excluding hydrogens is 488 g/mol. The Morgan fingerprint density at radius 2 is 1.74 bits per heavy atom. The van der Waals surface area contributed by atoms with Gasteiger partial charge in [-0.1, -0.05) is 39.7 Å². The molecule has 0 saturated heterocycles. The Morgan fingerprint density at radius 3 is 2.33 bits per heavy atom. The van der Waals surface area contributed by atoms with Crippen molar-refractivity contribution in [3.63, 3.8) is 0 Å². The van der Waals surface area contributed by atoms with Gasteiger partial charge in [0.25, 0.3) is 0 Å². The van der Waals surface area contributed by atoms with Gasteiger partial charge in [-0.3, -0.25) is 4.55 Å². The average Bonchev–Trinajstić information content (AvgIpc) is 3.11. The summed E-state index contributed by atoms with van der Waals surface area (Å²) < 4.78 is 64.9. The zero-order valence-electron chi connectivity index (χ0n) is 13.1. The van der Waals surface area contributed by atoms with Gasteiger partial charge in [0.1, 0.15) is 0 Å². The highest BCUT2D eigenvalue weighted by Gasteiger charge is 2.56. The molecule has 1 N–H and O–H groups in total. The fraction of sp³-hybridized carbons (Fsp3) is 0. The summed E-state index contributed by atoms with van der Waals surface area (Å²) in [6, 6.07) is 9.54. The molecule has 0 amide bonds. The second kappa shape index (κ2) is 6.02. The quantitative estimate of drug-likeness (QED) is 0.498. The molecule has 0 unspecified atom stereocenters. The molecule has 4 rings (SSSR count). The summed E-state index contributed by atoms with van der Waals surface area (Å²) in [5.74, 6) is 0. The Balaban J connectivity index is 2.15. The van der Waals surface area contributed by atoms with Crippen LogP contribution in [0.3, 0.4) is 0 Å². The molecule has 2 aliphatic heterocycles. The molecule has 0 fully saturated rings. The van der Waals surface area contributed by atoms with Gasteiger partial charge in [-0.05, 0) is 41.4 Å². The number of aromatic nitrogens is 1. The van der Waals surface area contributed by atoms with Gasteiger partial charge in [-0.25, -0.2) is 0 Å². The smallest absolute Gasteiger partial charge is 0.389 e. The first-order chi connectivity index (χ1) is 12.5. The molecule has 1 aromatic heterocycles. The molecule has 0 bridgehead atoms. The molecule has 5 nitrogen and oxygen atoms in total. The third-order valence-electron chi connectivity index (χ3n) is 4.35. The number of benzene rings is 1.